The van der Waals surface area contributed by atoms with E-state index < -0.39 is 6.04 Å². The molecule has 1 aromatic heterocycles. The van der Waals surface area contributed by atoms with Crippen molar-refractivity contribution >= 4 is 40.2 Å². The zero-order valence-electron chi connectivity index (χ0n) is 17.6. The van der Waals surface area contributed by atoms with Crippen molar-refractivity contribution in [1.82, 2.24) is 0 Å². The molecule has 2 aromatic carbocycles. The van der Waals surface area contributed by atoms with E-state index in [4.69, 9.17) is 4.74 Å². The van der Waals surface area contributed by atoms with Crippen molar-refractivity contribution in [3.8, 4) is 5.75 Å². The number of carbonyl (C=O) groups excluding carboxylic acids is 2. The van der Waals surface area contributed by atoms with Crippen LogP contribution >= 0.6 is 11.3 Å². The highest BCUT2D eigenvalue weighted by molar-refractivity contribution is 7.10. The number of hydrogen-bond acceptors (Lipinski definition) is 5. The second kappa shape index (κ2) is 8.51. The molecule has 0 spiro atoms. The summed E-state index contributed by atoms with van der Waals surface area (Å²) in [5.41, 5.74) is 3.68. The number of urea groups is 1. The second-order valence-electron chi connectivity index (χ2n) is 7.73. The maximum atomic E-state index is 13.8. The molecule has 1 aliphatic heterocycles. The first kappa shape index (κ1) is 20.3. The van der Waals surface area contributed by atoms with Crippen LogP contribution in [0.3, 0.4) is 0 Å². The number of thiophene rings is 1. The first-order valence-corrected chi connectivity index (χ1v) is 11.4. The average Bonchev–Trinajstić information content (AvgIpc) is 3.29. The Bertz CT molecular complexity index is 1200. The van der Waals surface area contributed by atoms with Crippen LogP contribution in [0, 0.1) is 0 Å². The molecule has 6 nitrogen and oxygen atoms in total. The number of hydrogen-bond donors (Lipinski definition) is 2. The zero-order chi connectivity index (χ0) is 22.1. The highest BCUT2D eigenvalue weighted by Crippen LogP contribution is 2.46. The number of benzene rings is 2. The SMILES string of the molecule is COc1ccccc1NC(=O)N1c2ccccc2NC2=C(C(=O)CCC2)C1c1cccs1. The molecule has 0 radical (unpaired) electrons. The molecule has 1 atom stereocenters. The van der Waals surface area contributed by atoms with Crippen LogP contribution in [0.25, 0.3) is 0 Å². The molecule has 2 N–H and O–H groups in total. The molecule has 32 heavy (non-hydrogen) atoms. The molecule has 1 unspecified atom stereocenters. The Morgan fingerprint density at radius 3 is 2.72 bits per heavy atom. The van der Waals surface area contributed by atoms with E-state index in [1.807, 2.05) is 53.9 Å². The third-order valence-corrected chi connectivity index (χ3v) is 6.74. The molecule has 5 rings (SSSR count). The van der Waals surface area contributed by atoms with Crippen molar-refractivity contribution in [2.24, 2.45) is 0 Å². The summed E-state index contributed by atoms with van der Waals surface area (Å²) in [4.78, 5) is 29.7. The molecule has 0 bridgehead atoms. The van der Waals surface area contributed by atoms with Crippen molar-refractivity contribution in [3.63, 3.8) is 0 Å². The summed E-state index contributed by atoms with van der Waals surface area (Å²) < 4.78 is 5.42. The molecule has 0 saturated heterocycles. The average molecular weight is 446 g/mol. The Labute approximate surface area is 190 Å². The minimum absolute atomic E-state index is 0.0834. The Morgan fingerprint density at radius 1 is 1.09 bits per heavy atom. The predicted octanol–water partition coefficient (Wildman–Crippen LogP) is 5.97. The second-order valence-corrected chi connectivity index (χ2v) is 8.71. The van der Waals surface area contributed by atoms with Gasteiger partial charge in [-0.1, -0.05) is 30.3 Å². The van der Waals surface area contributed by atoms with Crippen LogP contribution in [0.4, 0.5) is 21.9 Å². The Morgan fingerprint density at radius 2 is 1.91 bits per heavy atom. The van der Waals surface area contributed by atoms with E-state index in [-0.39, 0.29) is 11.8 Å². The molecule has 0 saturated carbocycles. The molecule has 1 aliphatic carbocycles. The number of amides is 2. The van der Waals surface area contributed by atoms with Gasteiger partial charge >= 0.3 is 6.03 Å². The molecule has 0 fully saturated rings. The molecule has 2 amide bonds. The maximum Gasteiger partial charge on any atom is 0.327 e. The van der Waals surface area contributed by atoms with Gasteiger partial charge in [0.1, 0.15) is 11.8 Å². The normalized spacial score (nSPS) is 17.7. The number of methoxy groups -OCH3 is 1. The lowest BCUT2D eigenvalue weighted by Crippen LogP contribution is -2.40. The summed E-state index contributed by atoms with van der Waals surface area (Å²) in [7, 11) is 1.57. The monoisotopic (exact) mass is 445 g/mol. The summed E-state index contributed by atoms with van der Waals surface area (Å²) in [5, 5.41) is 8.45. The van der Waals surface area contributed by atoms with Crippen molar-refractivity contribution in [1.29, 1.82) is 0 Å². The number of Topliss-reactive ketones (excluding diaryl/α,β-unsaturated/α-hetero) is 1. The number of ketones is 1. The summed E-state index contributed by atoms with van der Waals surface area (Å²) in [5.74, 6) is 0.656. The lowest BCUT2D eigenvalue weighted by atomic mass is 9.88. The van der Waals surface area contributed by atoms with Gasteiger partial charge in [-0.3, -0.25) is 9.69 Å². The third-order valence-electron chi connectivity index (χ3n) is 5.82. The van der Waals surface area contributed by atoms with Gasteiger partial charge in [-0.05, 0) is 48.6 Å². The van der Waals surface area contributed by atoms with Gasteiger partial charge < -0.3 is 15.4 Å². The van der Waals surface area contributed by atoms with Crippen LogP contribution in [-0.4, -0.2) is 18.9 Å². The van der Waals surface area contributed by atoms with E-state index in [9.17, 15) is 9.59 Å². The Kier molecular flexibility index (Phi) is 5.41. The summed E-state index contributed by atoms with van der Waals surface area (Å²) in [6.07, 6.45) is 2.07. The highest BCUT2D eigenvalue weighted by Gasteiger charge is 2.40. The fraction of sp³-hybridized carbons (Fsp3) is 0.200. The first-order chi connectivity index (χ1) is 15.7. The van der Waals surface area contributed by atoms with Gasteiger partial charge in [0.05, 0.1) is 24.2 Å². The highest BCUT2D eigenvalue weighted by atomic mass is 32.1. The van der Waals surface area contributed by atoms with Crippen molar-refractivity contribution < 1.29 is 14.3 Å². The number of nitrogens with one attached hydrogen (secondary N) is 2. The number of para-hydroxylation sites is 4. The van der Waals surface area contributed by atoms with E-state index in [1.54, 1.807) is 35.5 Å². The number of allylic oxidation sites excluding steroid dienone is 1. The van der Waals surface area contributed by atoms with Gasteiger partial charge in [0.25, 0.3) is 0 Å². The molecular weight excluding hydrogens is 422 g/mol. The maximum absolute atomic E-state index is 13.8. The van der Waals surface area contributed by atoms with E-state index in [2.05, 4.69) is 10.6 Å². The smallest absolute Gasteiger partial charge is 0.327 e. The van der Waals surface area contributed by atoms with Gasteiger partial charge in [-0.15, -0.1) is 11.3 Å². The van der Waals surface area contributed by atoms with E-state index in [0.717, 1.165) is 34.8 Å². The van der Waals surface area contributed by atoms with Crippen LogP contribution < -0.4 is 20.3 Å². The van der Waals surface area contributed by atoms with Crippen molar-refractivity contribution in [2.75, 3.05) is 22.6 Å². The van der Waals surface area contributed by atoms with Gasteiger partial charge in [0, 0.05) is 22.6 Å². The number of nitrogens with zero attached hydrogens (tertiary/aromatic N) is 1. The summed E-state index contributed by atoms with van der Waals surface area (Å²) in [6, 6.07) is 18.1. The molecule has 2 aliphatic rings. The lowest BCUT2D eigenvalue weighted by molar-refractivity contribution is -0.116. The fourth-order valence-corrected chi connectivity index (χ4v) is 5.22. The number of rotatable bonds is 3. The Balaban J connectivity index is 1.67. The lowest BCUT2D eigenvalue weighted by Gasteiger charge is -2.33. The summed E-state index contributed by atoms with van der Waals surface area (Å²) in [6.45, 7) is 0. The standard InChI is InChI=1S/C25H23N3O3S/c1-31-21-13-5-3-9-17(21)27-25(30)28-19-11-4-2-8-16(19)26-18-10-6-12-20(29)23(18)24(28)22-14-7-15-32-22/h2-5,7-9,11,13-15,24,26H,6,10,12H2,1H3,(H,27,30). The quantitative estimate of drug-likeness (QED) is 0.521. The molecule has 162 valence electrons. The van der Waals surface area contributed by atoms with Gasteiger partial charge in [-0.25, -0.2) is 4.79 Å². The van der Waals surface area contributed by atoms with Gasteiger partial charge in [-0.2, -0.15) is 0 Å². The third kappa shape index (κ3) is 3.54. The molecule has 3 aromatic rings. The fourth-order valence-electron chi connectivity index (χ4n) is 4.40. The minimum Gasteiger partial charge on any atom is -0.495 e. The largest absolute Gasteiger partial charge is 0.495 e. The minimum atomic E-state index is -0.511. The number of anilines is 3. The van der Waals surface area contributed by atoms with Crippen molar-refractivity contribution in [2.45, 2.75) is 25.3 Å². The van der Waals surface area contributed by atoms with Crippen LogP contribution in [0.2, 0.25) is 0 Å². The van der Waals surface area contributed by atoms with Crippen LogP contribution in [-0.2, 0) is 4.79 Å². The first-order valence-electron chi connectivity index (χ1n) is 10.6. The van der Waals surface area contributed by atoms with Crippen LogP contribution in [0.1, 0.15) is 30.2 Å². The van der Waals surface area contributed by atoms with Crippen LogP contribution in [0.5, 0.6) is 5.75 Å². The number of ether oxygens (including phenoxy) is 1. The number of fused-ring (bicyclic) bond motifs is 1. The van der Waals surface area contributed by atoms with Gasteiger partial charge in [0.2, 0.25) is 0 Å². The topological polar surface area (TPSA) is 70.7 Å². The van der Waals surface area contributed by atoms with Crippen molar-refractivity contribution in [3.05, 3.63) is 82.2 Å². The van der Waals surface area contributed by atoms with E-state index >= 15 is 0 Å². The van der Waals surface area contributed by atoms with Crippen LogP contribution in [0.15, 0.2) is 77.3 Å². The molecule has 7 heteroatoms. The van der Waals surface area contributed by atoms with E-state index in [1.165, 1.54) is 0 Å². The molecular formula is C25H23N3O3S. The van der Waals surface area contributed by atoms with Gasteiger partial charge in [0.15, 0.2) is 5.78 Å². The molecule has 2 heterocycles. The summed E-state index contributed by atoms with van der Waals surface area (Å²) >= 11 is 1.55. The van der Waals surface area contributed by atoms with E-state index in [0.29, 0.717) is 23.4 Å². The number of carbonyl (C=O) groups is 2. The predicted molar refractivity (Wildman–Crippen MR) is 128 cm³/mol. The zero-order valence-corrected chi connectivity index (χ0v) is 18.4. The Hall–Kier alpha value is -3.58.